The minimum atomic E-state index is -0.300. The Labute approximate surface area is 89.0 Å². The second-order valence-corrected chi connectivity index (χ2v) is 3.82. The van der Waals surface area contributed by atoms with Crippen LogP contribution in [0.2, 0.25) is 0 Å². The van der Waals surface area contributed by atoms with Gasteiger partial charge in [0.15, 0.2) is 11.5 Å². The molecule has 1 aromatic carbocycles. The second-order valence-electron chi connectivity index (χ2n) is 3.82. The minimum absolute atomic E-state index is 0.268. The smallest absolute Gasteiger partial charge is 0.163 e. The SMILES string of the molecule is COc1cc(F)ccc1OC1CCCC1. The summed E-state index contributed by atoms with van der Waals surface area (Å²) >= 11 is 0. The molecular formula is C12H15FO2. The summed E-state index contributed by atoms with van der Waals surface area (Å²) in [6, 6.07) is 4.38. The molecule has 0 amide bonds. The Morgan fingerprint density at radius 1 is 1.20 bits per heavy atom. The van der Waals surface area contributed by atoms with E-state index < -0.39 is 0 Å². The monoisotopic (exact) mass is 210 g/mol. The first-order valence-electron chi connectivity index (χ1n) is 5.30. The molecule has 15 heavy (non-hydrogen) atoms. The van der Waals surface area contributed by atoms with Crippen LogP contribution in [0.25, 0.3) is 0 Å². The van der Waals surface area contributed by atoms with Crippen molar-refractivity contribution in [1.29, 1.82) is 0 Å². The third kappa shape index (κ3) is 2.41. The van der Waals surface area contributed by atoms with Gasteiger partial charge in [-0.3, -0.25) is 0 Å². The highest BCUT2D eigenvalue weighted by molar-refractivity contribution is 5.40. The lowest BCUT2D eigenvalue weighted by atomic mass is 10.3. The van der Waals surface area contributed by atoms with Crippen molar-refractivity contribution in [2.45, 2.75) is 31.8 Å². The first-order chi connectivity index (χ1) is 7.29. The zero-order valence-corrected chi connectivity index (χ0v) is 8.83. The molecule has 0 aliphatic heterocycles. The van der Waals surface area contributed by atoms with Gasteiger partial charge in [-0.25, -0.2) is 4.39 Å². The van der Waals surface area contributed by atoms with Crippen molar-refractivity contribution in [1.82, 2.24) is 0 Å². The molecule has 82 valence electrons. The van der Waals surface area contributed by atoms with E-state index in [0.29, 0.717) is 11.5 Å². The van der Waals surface area contributed by atoms with Crippen LogP contribution in [0.15, 0.2) is 18.2 Å². The molecule has 0 saturated heterocycles. The summed E-state index contributed by atoms with van der Waals surface area (Å²) in [7, 11) is 1.52. The molecule has 0 spiro atoms. The highest BCUT2D eigenvalue weighted by atomic mass is 19.1. The molecule has 1 aliphatic rings. The van der Waals surface area contributed by atoms with E-state index in [9.17, 15) is 4.39 Å². The van der Waals surface area contributed by atoms with Gasteiger partial charge in [0.05, 0.1) is 13.2 Å². The van der Waals surface area contributed by atoms with Gasteiger partial charge in [-0.15, -0.1) is 0 Å². The number of ether oxygens (including phenoxy) is 2. The molecule has 0 radical (unpaired) electrons. The molecule has 0 bridgehead atoms. The van der Waals surface area contributed by atoms with Crippen molar-refractivity contribution >= 4 is 0 Å². The van der Waals surface area contributed by atoms with Crippen molar-refractivity contribution in [2.75, 3.05) is 7.11 Å². The van der Waals surface area contributed by atoms with Crippen molar-refractivity contribution in [3.63, 3.8) is 0 Å². The zero-order valence-electron chi connectivity index (χ0n) is 8.83. The average Bonchev–Trinajstić information content (AvgIpc) is 2.73. The molecule has 1 fully saturated rings. The Morgan fingerprint density at radius 2 is 1.93 bits per heavy atom. The summed E-state index contributed by atoms with van der Waals surface area (Å²) in [4.78, 5) is 0. The van der Waals surface area contributed by atoms with Gasteiger partial charge >= 0.3 is 0 Å². The average molecular weight is 210 g/mol. The number of hydrogen-bond acceptors (Lipinski definition) is 2. The van der Waals surface area contributed by atoms with Gasteiger partial charge in [0.2, 0.25) is 0 Å². The van der Waals surface area contributed by atoms with Crippen LogP contribution >= 0.6 is 0 Å². The minimum Gasteiger partial charge on any atom is -0.493 e. The van der Waals surface area contributed by atoms with Crippen molar-refractivity contribution < 1.29 is 13.9 Å². The van der Waals surface area contributed by atoms with E-state index in [4.69, 9.17) is 9.47 Å². The summed E-state index contributed by atoms with van der Waals surface area (Å²) in [6.45, 7) is 0. The molecule has 0 aromatic heterocycles. The van der Waals surface area contributed by atoms with Gasteiger partial charge in [0.25, 0.3) is 0 Å². The van der Waals surface area contributed by atoms with E-state index in [2.05, 4.69) is 0 Å². The van der Waals surface area contributed by atoms with Gasteiger partial charge in [-0.1, -0.05) is 0 Å². The number of benzene rings is 1. The van der Waals surface area contributed by atoms with Crippen LogP contribution in [0.5, 0.6) is 11.5 Å². The standard InChI is InChI=1S/C12H15FO2/c1-14-12-8-9(13)6-7-11(12)15-10-4-2-3-5-10/h6-8,10H,2-5H2,1H3. The van der Waals surface area contributed by atoms with Crippen LogP contribution in [0.4, 0.5) is 4.39 Å². The lowest BCUT2D eigenvalue weighted by Crippen LogP contribution is -2.11. The predicted octanol–water partition coefficient (Wildman–Crippen LogP) is 3.16. The van der Waals surface area contributed by atoms with E-state index in [1.165, 1.54) is 32.1 Å². The molecule has 2 rings (SSSR count). The quantitative estimate of drug-likeness (QED) is 0.763. The lowest BCUT2D eigenvalue weighted by molar-refractivity contribution is 0.200. The van der Waals surface area contributed by atoms with Crippen LogP contribution in [0.3, 0.4) is 0 Å². The summed E-state index contributed by atoms with van der Waals surface area (Å²) in [5.41, 5.74) is 0. The Bertz CT molecular complexity index is 332. The number of halogens is 1. The van der Waals surface area contributed by atoms with E-state index in [1.807, 2.05) is 0 Å². The van der Waals surface area contributed by atoms with Crippen LogP contribution < -0.4 is 9.47 Å². The summed E-state index contributed by atoms with van der Waals surface area (Å²) in [5, 5.41) is 0. The van der Waals surface area contributed by atoms with Crippen molar-refractivity contribution in [2.24, 2.45) is 0 Å². The summed E-state index contributed by atoms with van der Waals surface area (Å²) < 4.78 is 23.7. The molecule has 0 N–H and O–H groups in total. The fourth-order valence-electron chi connectivity index (χ4n) is 1.92. The van der Waals surface area contributed by atoms with Crippen LogP contribution in [-0.4, -0.2) is 13.2 Å². The third-order valence-electron chi connectivity index (χ3n) is 2.72. The Balaban J connectivity index is 2.12. The topological polar surface area (TPSA) is 18.5 Å². The zero-order chi connectivity index (χ0) is 10.7. The first-order valence-corrected chi connectivity index (χ1v) is 5.30. The van der Waals surface area contributed by atoms with Gasteiger partial charge in [0, 0.05) is 6.07 Å². The molecule has 2 nitrogen and oxygen atoms in total. The Morgan fingerprint density at radius 3 is 2.60 bits per heavy atom. The molecule has 0 atom stereocenters. The van der Waals surface area contributed by atoms with Crippen molar-refractivity contribution in [3.8, 4) is 11.5 Å². The maximum Gasteiger partial charge on any atom is 0.163 e. The van der Waals surface area contributed by atoms with Crippen LogP contribution in [-0.2, 0) is 0 Å². The summed E-state index contributed by atoms with van der Waals surface area (Å²) in [5.74, 6) is 0.818. The largest absolute Gasteiger partial charge is 0.493 e. The van der Waals surface area contributed by atoms with E-state index in [1.54, 1.807) is 6.07 Å². The fraction of sp³-hybridized carbons (Fsp3) is 0.500. The molecular weight excluding hydrogens is 195 g/mol. The molecule has 0 heterocycles. The van der Waals surface area contributed by atoms with Gasteiger partial charge < -0.3 is 9.47 Å². The third-order valence-corrected chi connectivity index (χ3v) is 2.72. The lowest BCUT2D eigenvalue weighted by Gasteiger charge is -2.15. The molecule has 1 aliphatic carbocycles. The van der Waals surface area contributed by atoms with Gasteiger partial charge in [-0.2, -0.15) is 0 Å². The van der Waals surface area contributed by atoms with E-state index >= 15 is 0 Å². The summed E-state index contributed by atoms with van der Waals surface area (Å²) in [6.07, 6.45) is 4.87. The van der Waals surface area contributed by atoms with Gasteiger partial charge in [-0.05, 0) is 37.8 Å². The van der Waals surface area contributed by atoms with E-state index in [0.717, 1.165) is 12.8 Å². The highest BCUT2D eigenvalue weighted by Gasteiger charge is 2.18. The normalized spacial score (nSPS) is 16.7. The maximum atomic E-state index is 12.9. The van der Waals surface area contributed by atoms with Gasteiger partial charge in [0.1, 0.15) is 5.82 Å². The predicted molar refractivity (Wildman–Crippen MR) is 55.8 cm³/mol. The highest BCUT2D eigenvalue weighted by Crippen LogP contribution is 2.31. The molecule has 0 unspecified atom stereocenters. The molecule has 1 saturated carbocycles. The van der Waals surface area contributed by atoms with Crippen molar-refractivity contribution in [3.05, 3.63) is 24.0 Å². The first kappa shape index (κ1) is 10.3. The molecule has 1 aromatic rings. The maximum absolute atomic E-state index is 12.9. The van der Waals surface area contributed by atoms with Crippen LogP contribution in [0, 0.1) is 5.82 Å². The Kier molecular flexibility index (Phi) is 3.09. The number of hydrogen-bond donors (Lipinski definition) is 0. The van der Waals surface area contributed by atoms with E-state index in [-0.39, 0.29) is 11.9 Å². The fourth-order valence-corrected chi connectivity index (χ4v) is 1.92. The number of methoxy groups -OCH3 is 1. The van der Waals surface area contributed by atoms with Crippen LogP contribution in [0.1, 0.15) is 25.7 Å². The second kappa shape index (κ2) is 4.51. The molecule has 3 heteroatoms. The number of rotatable bonds is 3. The Hall–Kier alpha value is -1.25.